The first-order valence-corrected chi connectivity index (χ1v) is 5.31. The van der Waals surface area contributed by atoms with E-state index in [9.17, 15) is 4.79 Å². The quantitative estimate of drug-likeness (QED) is 0.791. The number of halogens is 1. The van der Waals surface area contributed by atoms with Gasteiger partial charge in [0.2, 0.25) is 0 Å². The van der Waals surface area contributed by atoms with Crippen LogP contribution in [0.15, 0.2) is 11.1 Å². The molecule has 0 aliphatic heterocycles. The van der Waals surface area contributed by atoms with Crippen molar-refractivity contribution >= 4 is 21.9 Å². The van der Waals surface area contributed by atoms with E-state index in [1.54, 1.807) is 6.92 Å². The second kappa shape index (κ2) is 5.51. The molecule has 0 spiro atoms. The molecule has 0 bridgehead atoms. The smallest absolute Gasteiger partial charge is 0.323 e. The number of carbonyl (C=O) groups is 1. The Labute approximate surface area is 94.0 Å². The predicted octanol–water partition coefficient (Wildman–Crippen LogP) is 2.21. The van der Waals surface area contributed by atoms with Gasteiger partial charge < -0.3 is 10.1 Å². The lowest BCUT2D eigenvalue weighted by atomic mass is 10.2. The van der Waals surface area contributed by atoms with Gasteiger partial charge in [0.25, 0.3) is 0 Å². The average molecular weight is 264 g/mol. The van der Waals surface area contributed by atoms with E-state index in [4.69, 9.17) is 4.74 Å². The largest absolute Gasteiger partial charge is 0.459 e. The number of rotatable bonds is 4. The van der Waals surface area contributed by atoms with E-state index in [1.165, 1.54) is 0 Å². The van der Waals surface area contributed by atoms with Crippen molar-refractivity contribution in [3.63, 3.8) is 0 Å². The maximum atomic E-state index is 11.4. The van der Waals surface area contributed by atoms with Gasteiger partial charge in [-0.15, -0.1) is 0 Å². The summed E-state index contributed by atoms with van der Waals surface area (Å²) in [7, 11) is 0. The van der Waals surface area contributed by atoms with Crippen LogP contribution in [-0.2, 0) is 9.53 Å². The summed E-state index contributed by atoms with van der Waals surface area (Å²) >= 11 is 3.20. The lowest BCUT2D eigenvalue weighted by molar-refractivity contribution is -0.156. The minimum Gasteiger partial charge on any atom is -0.459 e. The molecule has 0 heterocycles. The van der Waals surface area contributed by atoms with Gasteiger partial charge in [0.05, 0.1) is 0 Å². The molecule has 0 rings (SSSR count). The second-order valence-electron chi connectivity index (χ2n) is 4.15. The zero-order chi connectivity index (χ0) is 11.4. The molecule has 0 saturated carbocycles. The Morgan fingerprint density at radius 1 is 1.57 bits per heavy atom. The molecule has 0 amide bonds. The first-order valence-electron chi connectivity index (χ1n) is 4.52. The number of carbonyl (C=O) groups excluding carboxylic acids is 1. The van der Waals surface area contributed by atoms with Crippen LogP contribution in [-0.4, -0.2) is 24.2 Å². The van der Waals surface area contributed by atoms with Crippen molar-refractivity contribution in [3.05, 3.63) is 11.1 Å². The van der Waals surface area contributed by atoms with Crippen molar-refractivity contribution in [1.29, 1.82) is 0 Å². The molecule has 0 aromatic carbocycles. The highest BCUT2D eigenvalue weighted by Gasteiger charge is 2.20. The van der Waals surface area contributed by atoms with E-state index < -0.39 is 5.60 Å². The highest BCUT2D eigenvalue weighted by molar-refractivity contribution is 9.11. The third kappa shape index (κ3) is 7.09. The van der Waals surface area contributed by atoms with Gasteiger partial charge in [0.1, 0.15) is 11.6 Å². The zero-order valence-corrected chi connectivity index (χ0v) is 10.8. The monoisotopic (exact) mass is 263 g/mol. The van der Waals surface area contributed by atoms with Crippen LogP contribution in [0.2, 0.25) is 0 Å². The molecule has 0 fully saturated rings. The fourth-order valence-corrected chi connectivity index (χ4v) is 0.899. The van der Waals surface area contributed by atoms with Gasteiger partial charge in [-0.05, 0) is 27.7 Å². The normalized spacial score (nSPS) is 13.5. The van der Waals surface area contributed by atoms with Gasteiger partial charge in [0, 0.05) is 11.0 Å². The van der Waals surface area contributed by atoms with Gasteiger partial charge in [-0.2, -0.15) is 0 Å². The van der Waals surface area contributed by atoms with Crippen LogP contribution in [0.25, 0.3) is 0 Å². The molecule has 3 nitrogen and oxygen atoms in total. The summed E-state index contributed by atoms with van der Waals surface area (Å²) in [6, 6.07) is -0.316. The van der Waals surface area contributed by atoms with Crippen LogP contribution < -0.4 is 5.32 Å². The Bertz CT molecular complexity index is 221. The SMILES string of the molecule is C=C(Br)CNC(C)C(=O)OC(C)(C)C. The Kier molecular flexibility index (Phi) is 5.37. The molecule has 82 valence electrons. The van der Waals surface area contributed by atoms with Gasteiger partial charge in [0.15, 0.2) is 0 Å². The van der Waals surface area contributed by atoms with Gasteiger partial charge >= 0.3 is 5.97 Å². The van der Waals surface area contributed by atoms with Crippen molar-refractivity contribution in [2.45, 2.75) is 39.3 Å². The molecule has 0 radical (unpaired) electrons. The molecule has 0 aromatic rings. The van der Waals surface area contributed by atoms with E-state index in [0.29, 0.717) is 6.54 Å². The molecule has 4 heteroatoms. The number of esters is 1. The number of nitrogens with one attached hydrogen (secondary N) is 1. The van der Waals surface area contributed by atoms with Crippen molar-refractivity contribution in [1.82, 2.24) is 5.32 Å². The Balaban J connectivity index is 3.94. The first-order chi connectivity index (χ1) is 6.22. The predicted molar refractivity (Wildman–Crippen MR) is 61.4 cm³/mol. The lowest BCUT2D eigenvalue weighted by Crippen LogP contribution is -2.39. The maximum absolute atomic E-state index is 11.4. The third-order valence-electron chi connectivity index (χ3n) is 1.36. The summed E-state index contributed by atoms with van der Waals surface area (Å²) in [5, 5.41) is 2.98. The van der Waals surface area contributed by atoms with Crippen molar-refractivity contribution < 1.29 is 9.53 Å². The average Bonchev–Trinajstić information content (AvgIpc) is 1.96. The topological polar surface area (TPSA) is 38.3 Å². The van der Waals surface area contributed by atoms with Crippen LogP contribution in [0.4, 0.5) is 0 Å². The standard InChI is InChI=1S/C10H18BrNO2/c1-7(11)6-12-8(2)9(13)14-10(3,4)5/h8,12H,1,6H2,2-5H3. The zero-order valence-electron chi connectivity index (χ0n) is 9.19. The molecule has 0 aliphatic rings. The number of hydrogen-bond donors (Lipinski definition) is 1. The summed E-state index contributed by atoms with van der Waals surface area (Å²) in [6.45, 7) is 11.5. The van der Waals surface area contributed by atoms with Gasteiger partial charge in [-0.25, -0.2) is 0 Å². The van der Waals surface area contributed by atoms with Gasteiger partial charge in [-0.3, -0.25) is 4.79 Å². The van der Waals surface area contributed by atoms with Crippen LogP contribution in [0.1, 0.15) is 27.7 Å². The molecule has 1 unspecified atom stereocenters. The fraction of sp³-hybridized carbons (Fsp3) is 0.700. The van der Waals surface area contributed by atoms with E-state index in [2.05, 4.69) is 27.8 Å². The van der Waals surface area contributed by atoms with E-state index >= 15 is 0 Å². The van der Waals surface area contributed by atoms with Crippen LogP contribution >= 0.6 is 15.9 Å². The Morgan fingerprint density at radius 2 is 2.07 bits per heavy atom. The molecule has 1 N–H and O–H groups in total. The van der Waals surface area contributed by atoms with Crippen molar-refractivity contribution in [3.8, 4) is 0 Å². The van der Waals surface area contributed by atoms with Crippen molar-refractivity contribution in [2.75, 3.05) is 6.54 Å². The molecule has 0 aromatic heterocycles. The maximum Gasteiger partial charge on any atom is 0.323 e. The molecular formula is C10H18BrNO2. The lowest BCUT2D eigenvalue weighted by Gasteiger charge is -2.22. The summed E-state index contributed by atoms with van der Waals surface area (Å²) < 4.78 is 6.00. The minimum absolute atomic E-state index is 0.244. The summed E-state index contributed by atoms with van der Waals surface area (Å²) in [5.41, 5.74) is -0.432. The van der Waals surface area contributed by atoms with E-state index in [-0.39, 0.29) is 12.0 Å². The fourth-order valence-electron chi connectivity index (χ4n) is 0.737. The number of ether oxygens (including phenoxy) is 1. The molecule has 1 atom stereocenters. The molecule has 0 aliphatic carbocycles. The van der Waals surface area contributed by atoms with Crippen LogP contribution in [0.3, 0.4) is 0 Å². The molecular weight excluding hydrogens is 246 g/mol. The minimum atomic E-state index is -0.432. The van der Waals surface area contributed by atoms with Crippen LogP contribution in [0.5, 0.6) is 0 Å². The number of hydrogen-bond acceptors (Lipinski definition) is 3. The molecule has 0 saturated heterocycles. The first kappa shape index (κ1) is 13.7. The van der Waals surface area contributed by atoms with E-state index in [1.807, 2.05) is 20.8 Å². The molecule has 14 heavy (non-hydrogen) atoms. The highest BCUT2D eigenvalue weighted by atomic mass is 79.9. The summed E-state index contributed by atoms with van der Waals surface area (Å²) in [6.07, 6.45) is 0. The van der Waals surface area contributed by atoms with Gasteiger partial charge in [-0.1, -0.05) is 22.5 Å². The third-order valence-corrected chi connectivity index (χ3v) is 1.64. The highest BCUT2D eigenvalue weighted by Crippen LogP contribution is 2.08. The second-order valence-corrected chi connectivity index (χ2v) is 5.27. The summed E-state index contributed by atoms with van der Waals surface area (Å²) in [5.74, 6) is -0.244. The summed E-state index contributed by atoms with van der Waals surface area (Å²) in [4.78, 5) is 11.4. The van der Waals surface area contributed by atoms with Crippen molar-refractivity contribution in [2.24, 2.45) is 0 Å². The van der Waals surface area contributed by atoms with E-state index in [0.717, 1.165) is 4.48 Å². The Morgan fingerprint density at radius 3 is 2.43 bits per heavy atom. The van der Waals surface area contributed by atoms with Crippen LogP contribution in [0, 0.1) is 0 Å². The Hall–Kier alpha value is -0.350.